The molecule has 0 amide bonds. The van der Waals surface area contributed by atoms with Crippen LogP contribution < -0.4 is 5.73 Å². The summed E-state index contributed by atoms with van der Waals surface area (Å²) < 4.78 is 15.1. The van der Waals surface area contributed by atoms with Crippen molar-refractivity contribution in [1.29, 1.82) is 0 Å². The fourth-order valence-electron chi connectivity index (χ4n) is 1.23. The quantitative estimate of drug-likeness (QED) is 0.892. The van der Waals surface area contributed by atoms with E-state index >= 15 is 0 Å². The molecule has 0 aromatic carbocycles. The van der Waals surface area contributed by atoms with Gasteiger partial charge in [0.1, 0.15) is 0 Å². The van der Waals surface area contributed by atoms with E-state index in [0.29, 0.717) is 5.56 Å². The summed E-state index contributed by atoms with van der Waals surface area (Å²) in [5, 5.41) is 3.69. The van der Waals surface area contributed by atoms with Gasteiger partial charge in [-0.2, -0.15) is 11.3 Å². The van der Waals surface area contributed by atoms with E-state index in [4.69, 9.17) is 5.73 Å². The molecule has 1 unspecified atom stereocenters. The summed E-state index contributed by atoms with van der Waals surface area (Å²) in [6, 6.07) is 0. The largest absolute Gasteiger partial charge is 0.327 e. The van der Waals surface area contributed by atoms with Crippen molar-refractivity contribution in [2.75, 3.05) is 6.54 Å². The molecule has 0 saturated heterocycles. The fraction of sp³-hybridized carbons (Fsp3) is 0.556. The molecule has 0 aliphatic carbocycles. The minimum absolute atomic E-state index is 0.0278. The number of thiophene rings is 1. The summed E-state index contributed by atoms with van der Waals surface area (Å²) in [5.74, 6) is -0.108. The van der Waals surface area contributed by atoms with Crippen LogP contribution in [0.4, 0.5) is 4.39 Å². The van der Waals surface area contributed by atoms with E-state index in [1.54, 1.807) is 0 Å². The lowest BCUT2D eigenvalue weighted by molar-refractivity contribution is 0.109. The molecule has 0 aliphatic rings. The average molecular weight is 266 g/mol. The molecule has 1 nitrogen and oxygen atoms in total. The maximum atomic E-state index is 14.3. The smallest absolute Gasteiger partial charge is 0.152 e. The van der Waals surface area contributed by atoms with E-state index in [9.17, 15) is 4.39 Å². The molecule has 1 rings (SSSR count). The Labute approximate surface area is 90.3 Å². The Hall–Kier alpha value is 0.0700. The third-order valence-electron chi connectivity index (χ3n) is 2.27. The first-order chi connectivity index (χ1) is 6.02. The molecule has 2 N–H and O–H groups in total. The van der Waals surface area contributed by atoms with E-state index in [2.05, 4.69) is 15.9 Å². The molecule has 0 saturated carbocycles. The normalized spacial score (nSPS) is 16.2. The lowest BCUT2D eigenvalue weighted by Crippen LogP contribution is -2.35. The van der Waals surface area contributed by atoms with Crippen molar-refractivity contribution in [1.82, 2.24) is 0 Å². The van der Waals surface area contributed by atoms with Crippen LogP contribution in [0.1, 0.15) is 19.4 Å². The van der Waals surface area contributed by atoms with Gasteiger partial charge in [-0.15, -0.1) is 0 Å². The number of rotatable bonds is 3. The first kappa shape index (κ1) is 11.1. The highest BCUT2D eigenvalue weighted by Gasteiger charge is 2.36. The van der Waals surface area contributed by atoms with E-state index in [1.165, 1.54) is 11.3 Å². The monoisotopic (exact) mass is 265 g/mol. The Balaban J connectivity index is 3.10. The molecule has 1 aromatic heterocycles. The highest BCUT2D eigenvalue weighted by molar-refractivity contribution is 9.10. The standard InChI is InChI=1S/C9H13BrFNS/c1-6(2)9(11,5-12)7-3-13-4-8(7)10/h3-4,6H,5,12H2,1-2H3. The number of alkyl halides is 1. The first-order valence-electron chi connectivity index (χ1n) is 4.13. The third-order valence-corrected chi connectivity index (χ3v) is 3.98. The zero-order chi connectivity index (χ0) is 10.1. The molecule has 0 spiro atoms. The van der Waals surface area contributed by atoms with Gasteiger partial charge >= 0.3 is 0 Å². The lowest BCUT2D eigenvalue weighted by atomic mass is 9.87. The minimum atomic E-state index is -1.40. The van der Waals surface area contributed by atoms with Crippen molar-refractivity contribution in [2.24, 2.45) is 11.7 Å². The van der Waals surface area contributed by atoms with E-state index in [0.717, 1.165) is 4.47 Å². The predicted octanol–water partition coefficient (Wildman–Crippen LogP) is 3.29. The zero-order valence-electron chi connectivity index (χ0n) is 7.68. The van der Waals surface area contributed by atoms with Crippen LogP contribution >= 0.6 is 27.3 Å². The molecular formula is C9H13BrFNS. The van der Waals surface area contributed by atoms with Crippen LogP contribution in [0.3, 0.4) is 0 Å². The summed E-state index contributed by atoms with van der Waals surface area (Å²) in [4.78, 5) is 0. The van der Waals surface area contributed by atoms with E-state index in [-0.39, 0.29) is 12.5 Å². The van der Waals surface area contributed by atoms with Gasteiger partial charge in [0, 0.05) is 22.0 Å². The third kappa shape index (κ3) is 1.95. The number of halogens is 2. The van der Waals surface area contributed by atoms with Crippen LogP contribution in [0.15, 0.2) is 15.2 Å². The number of nitrogens with two attached hydrogens (primary N) is 1. The van der Waals surface area contributed by atoms with Crippen LogP contribution in [-0.2, 0) is 5.67 Å². The topological polar surface area (TPSA) is 26.0 Å². The number of hydrogen-bond acceptors (Lipinski definition) is 2. The Morgan fingerprint density at radius 1 is 1.62 bits per heavy atom. The Bertz CT molecular complexity index is 287. The van der Waals surface area contributed by atoms with E-state index < -0.39 is 5.67 Å². The summed E-state index contributed by atoms with van der Waals surface area (Å²) in [7, 11) is 0. The summed E-state index contributed by atoms with van der Waals surface area (Å²) in [6.45, 7) is 3.72. The summed E-state index contributed by atoms with van der Waals surface area (Å²) >= 11 is 4.81. The number of hydrogen-bond donors (Lipinski definition) is 1. The fourth-order valence-corrected chi connectivity index (χ4v) is 2.93. The van der Waals surface area contributed by atoms with Crippen molar-refractivity contribution >= 4 is 27.3 Å². The Kier molecular flexibility index (Phi) is 3.49. The average Bonchev–Trinajstić information content (AvgIpc) is 2.50. The van der Waals surface area contributed by atoms with Crippen molar-refractivity contribution in [3.63, 3.8) is 0 Å². The SMILES string of the molecule is CC(C)C(F)(CN)c1cscc1Br. The molecule has 0 bridgehead atoms. The van der Waals surface area contributed by atoms with Gasteiger partial charge in [-0.05, 0) is 27.2 Å². The molecule has 0 fully saturated rings. The summed E-state index contributed by atoms with van der Waals surface area (Å²) in [5.41, 5.74) is 4.75. The van der Waals surface area contributed by atoms with Gasteiger partial charge < -0.3 is 5.73 Å². The van der Waals surface area contributed by atoms with Crippen LogP contribution in [0, 0.1) is 5.92 Å². The second kappa shape index (κ2) is 4.07. The molecule has 1 heterocycles. The molecule has 1 aromatic rings. The second-order valence-electron chi connectivity index (χ2n) is 3.35. The second-order valence-corrected chi connectivity index (χ2v) is 4.95. The Morgan fingerprint density at radius 3 is 2.54 bits per heavy atom. The van der Waals surface area contributed by atoms with Gasteiger partial charge in [0.05, 0.1) is 0 Å². The van der Waals surface area contributed by atoms with Crippen molar-refractivity contribution in [2.45, 2.75) is 19.5 Å². The highest BCUT2D eigenvalue weighted by atomic mass is 79.9. The maximum Gasteiger partial charge on any atom is 0.152 e. The van der Waals surface area contributed by atoms with Gasteiger partial charge in [0.2, 0.25) is 0 Å². The van der Waals surface area contributed by atoms with Crippen LogP contribution in [0.5, 0.6) is 0 Å². The van der Waals surface area contributed by atoms with E-state index in [1.807, 2.05) is 24.6 Å². The molecule has 4 heteroatoms. The molecule has 0 radical (unpaired) electrons. The molecular weight excluding hydrogens is 253 g/mol. The minimum Gasteiger partial charge on any atom is -0.327 e. The van der Waals surface area contributed by atoms with Crippen molar-refractivity contribution in [3.05, 3.63) is 20.8 Å². The predicted molar refractivity (Wildman–Crippen MR) is 58.7 cm³/mol. The first-order valence-corrected chi connectivity index (χ1v) is 5.87. The van der Waals surface area contributed by atoms with Crippen LogP contribution in [0.2, 0.25) is 0 Å². The molecule has 1 atom stereocenters. The van der Waals surface area contributed by atoms with Crippen LogP contribution in [0.25, 0.3) is 0 Å². The van der Waals surface area contributed by atoms with Gasteiger partial charge in [-0.1, -0.05) is 13.8 Å². The van der Waals surface area contributed by atoms with Gasteiger partial charge in [0.25, 0.3) is 0 Å². The van der Waals surface area contributed by atoms with Crippen LogP contribution in [-0.4, -0.2) is 6.54 Å². The van der Waals surface area contributed by atoms with Gasteiger partial charge in [-0.25, -0.2) is 4.39 Å². The van der Waals surface area contributed by atoms with Crippen molar-refractivity contribution in [3.8, 4) is 0 Å². The molecule has 74 valence electrons. The van der Waals surface area contributed by atoms with Crippen molar-refractivity contribution < 1.29 is 4.39 Å². The molecule has 13 heavy (non-hydrogen) atoms. The van der Waals surface area contributed by atoms with Gasteiger partial charge in [0.15, 0.2) is 5.67 Å². The lowest BCUT2D eigenvalue weighted by Gasteiger charge is -2.27. The highest BCUT2D eigenvalue weighted by Crippen LogP contribution is 2.39. The van der Waals surface area contributed by atoms with Gasteiger partial charge in [-0.3, -0.25) is 0 Å². The Morgan fingerprint density at radius 2 is 2.23 bits per heavy atom. The maximum absolute atomic E-state index is 14.3. The molecule has 0 aliphatic heterocycles. The zero-order valence-corrected chi connectivity index (χ0v) is 10.1. The summed E-state index contributed by atoms with van der Waals surface area (Å²) in [6.07, 6.45) is 0.